The number of nitrogens with zero attached hydrogens (tertiary/aromatic N) is 4. The van der Waals surface area contributed by atoms with Gasteiger partial charge in [0.05, 0.1) is 21.7 Å². The third-order valence-electron chi connectivity index (χ3n) is 5.47. The van der Waals surface area contributed by atoms with Crippen molar-refractivity contribution in [2.45, 2.75) is 43.0 Å². The first-order valence-corrected chi connectivity index (χ1v) is 13.9. The van der Waals surface area contributed by atoms with Gasteiger partial charge in [-0.25, -0.2) is 8.42 Å². The SMILES string of the molecule is CCOC(=O)Cn1c(=NC(=O)C2CCCCN2S(=O)(=O)c2cccs2)sc2ccc([N+](=O)[O-])cc21. The number of carbonyl (C=O) groups excluding carboxylic acids is 2. The minimum atomic E-state index is -3.86. The molecule has 1 aliphatic rings. The number of benzene rings is 1. The van der Waals surface area contributed by atoms with Gasteiger partial charge in [-0.2, -0.15) is 9.30 Å². The second-order valence-corrected chi connectivity index (χ2v) is 11.8. The van der Waals surface area contributed by atoms with Crippen LogP contribution in [0.2, 0.25) is 0 Å². The van der Waals surface area contributed by atoms with Crippen LogP contribution in [-0.2, 0) is 30.9 Å². The highest BCUT2D eigenvalue weighted by Gasteiger charge is 2.38. The Kier molecular flexibility index (Phi) is 7.44. The van der Waals surface area contributed by atoms with Gasteiger partial charge >= 0.3 is 5.97 Å². The van der Waals surface area contributed by atoms with Gasteiger partial charge in [-0.15, -0.1) is 11.3 Å². The summed E-state index contributed by atoms with van der Waals surface area (Å²) in [6, 6.07) is 6.32. The molecule has 1 aromatic carbocycles. The standard InChI is InChI=1S/C21H22N4O7S3/c1-2-32-18(26)13-23-16-12-14(25(28)29)8-9-17(16)34-21(23)22-20(27)15-6-3-4-10-24(15)35(30,31)19-7-5-11-33-19/h5,7-9,11-12,15H,2-4,6,10,13H2,1H3. The van der Waals surface area contributed by atoms with Crippen LogP contribution in [-0.4, -0.2) is 53.3 Å². The lowest BCUT2D eigenvalue weighted by molar-refractivity contribution is -0.384. The summed E-state index contributed by atoms with van der Waals surface area (Å²) in [6.45, 7) is 1.70. The van der Waals surface area contributed by atoms with E-state index in [2.05, 4.69) is 4.99 Å². The Morgan fingerprint density at radius 2 is 2.09 bits per heavy atom. The number of non-ortho nitro benzene ring substituents is 1. The molecule has 1 amide bonds. The molecule has 4 rings (SSSR count). The van der Waals surface area contributed by atoms with Gasteiger partial charge in [0.15, 0.2) is 4.80 Å². The summed E-state index contributed by atoms with van der Waals surface area (Å²) >= 11 is 2.16. The fourth-order valence-corrected chi connectivity index (χ4v) is 7.66. The summed E-state index contributed by atoms with van der Waals surface area (Å²) in [7, 11) is -3.86. The van der Waals surface area contributed by atoms with Crippen molar-refractivity contribution in [1.29, 1.82) is 0 Å². The molecule has 0 radical (unpaired) electrons. The molecule has 0 N–H and O–H groups in total. The number of carbonyl (C=O) groups is 2. The lowest BCUT2D eigenvalue weighted by Gasteiger charge is -2.31. The van der Waals surface area contributed by atoms with Gasteiger partial charge in [-0.1, -0.05) is 23.8 Å². The Labute approximate surface area is 208 Å². The molecule has 1 unspecified atom stereocenters. The molecule has 14 heteroatoms. The third kappa shape index (κ3) is 5.19. The van der Waals surface area contributed by atoms with Crippen LogP contribution in [0.4, 0.5) is 5.69 Å². The van der Waals surface area contributed by atoms with E-state index in [-0.39, 0.29) is 34.4 Å². The average molecular weight is 539 g/mol. The van der Waals surface area contributed by atoms with Gasteiger partial charge in [-0.3, -0.25) is 19.7 Å². The number of sulfonamides is 1. The summed E-state index contributed by atoms with van der Waals surface area (Å²) in [6.07, 6.45) is 1.62. The van der Waals surface area contributed by atoms with Crippen molar-refractivity contribution in [2.24, 2.45) is 4.99 Å². The normalized spacial score (nSPS) is 17.5. The van der Waals surface area contributed by atoms with Crippen LogP contribution in [0, 0.1) is 10.1 Å². The molecular weight excluding hydrogens is 516 g/mol. The van der Waals surface area contributed by atoms with Gasteiger partial charge in [0, 0.05) is 18.7 Å². The Balaban J connectivity index is 1.78. The van der Waals surface area contributed by atoms with Crippen LogP contribution in [0.3, 0.4) is 0 Å². The molecule has 186 valence electrons. The maximum absolute atomic E-state index is 13.3. The number of hydrogen-bond donors (Lipinski definition) is 0. The first-order chi connectivity index (χ1) is 16.7. The molecule has 11 nitrogen and oxygen atoms in total. The Morgan fingerprint density at radius 1 is 1.29 bits per heavy atom. The third-order valence-corrected chi connectivity index (χ3v) is 9.81. The number of ether oxygens (including phenoxy) is 1. The van der Waals surface area contributed by atoms with E-state index in [0.29, 0.717) is 29.5 Å². The fourth-order valence-electron chi connectivity index (χ4n) is 3.88. The number of esters is 1. The van der Waals surface area contributed by atoms with E-state index in [1.165, 1.54) is 33.1 Å². The van der Waals surface area contributed by atoms with Crippen LogP contribution in [0.5, 0.6) is 0 Å². The van der Waals surface area contributed by atoms with Crippen LogP contribution < -0.4 is 4.80 Å². The zero-order valence-electron chi connectivity index (χ0n) is 18.7. The molecule has 35 heavy (non-hydrogen) atoms. The minimum Gasteiger partial charge on any atom is -0.465 e. The highest BCUT2D eigenvalue weighted by Crippen LogP contribution is 2.29. The van der Waals surface area contributed by atoms with Crippen LogP contribution >= 0.6 is 22.7 Å². The Bertz CT molecular complexity index is 1440. The number of thiophene rings is 1. The molecule has 2 aromatic heterocycles. The molecule has 0 aliphatic carbocycles. The zero-order valence-corrected chi connectivity index (χ0v) is 21.1. The highest BCUT2D eigenvalue weighted by molar-refractivity contribution is 7.91. The van der Waals surface area contributed by atoms with E-state index >= 15 is 0 Å². The van der Waals surface area contributed by atoms with Crippen molar-refractivity contribution >= 4 is 60.5 Å². The number of nitro groups is 1. The molecule has 1 atom stereocenters. The topological polar surface area (TPSA) is 141 Å². The Hall–Kier alpha value is -2.94. The molecule has 3 heterocycles. The number of thiazole rings is 1. The number of piperidine rings is 1. The maximum Gasteiger partial charge on any atom is 0.326 e. The molecule has 1 fully saturated rings. The van der Waals surface area contributed by atoms with Crippen LogP contribution in [0.15, 0.2) is 44.9 Å². The number of nitro benzene ring substituents is 1. The van der Waals surface area contributed by atoms with E-state index in [1.807, 2.05) is 0 Å². The van der Waals surface area contributed by atoms with E-state index < -0.39 is 32.9 Å². The lowest BCUT2D eigenvalue weighted by Crippen LogP contribution is -2.47. The number of hydrogen-bond acceptors (Lipinski definition) is 9. The van der Waals surface area contributed by atoms with Crippen LogP contribution in [0.25, 0.3) is 10.2 Å². The van der Waals surface area contributed by atoms with E-state index in [1.54, 1.807) is 18.4 Å². The first kappa shape index (κ1) is 25.2. The number of amides is 1. The van der Waals surface area contributed by atoms with Crippen molar-refractivity contribution in [3.8, 4) is 0 Å². The van der Waals surface area contributed by atoms with Gasteiger partial charge in [0.2, 0.25) is 0 Å². The summed E-state index contributed by atoms with van der Waals surface area (Å²) in [5, 5.41) is 12.9. The number of fused-ring (bicyclic) bond motifs is 1. The molecule has 1 saturated heterocycles. The number of rotatable bonds is 7. The smallest absolute Gasteiger partial charge is 0.326 e. The molecular formula is C21H22N4O7S3. The second kappa shape index (κ2) is 10.4. The summed E-state index contributed by atoms with van der Waals surface area (Å²) in [4.78, 5) is 40.6. The predicted octanol–water partition coefficient (Wildman–Crippen LogP) is 2.91. The number of aromatic nitrogens is 1. The second-order valence-electron chi connectivity index (χ2n) is 7.69. The molecule has 3 aromatic rings. The van der Waals surface area contributed by atoms with E-state index in [9.17, 15) is 28.1 Å². The van der Waals surface area contributed by atoms with Crippen molar-refractivity contribution in [1.82, 2.24) is 8.87 Å². The molecule has 0 spiro atoms. The minimum absolute atomic E-state index is 0.137. The van der Waals surface area contributed by atoms with Crippen molar-refractivity contribution in [3.63, 3.8) is 0 Å². The van der Waals surface area contributed by atoms with Crippen molar-refractivity contribution in [2.75, 3.05) is 13.2 Å². The predicted molar refractivity (Wildman–Crippen MR) is 130 cm³/mol. The van der Waals surface area contributed by atoms with Crippen molar-refractivity contribution in [3.05, 3.63) is 50.6 Å². The fraction of sp³-hybridized carbons (Fsp3) is 0.381. The van der Waals surface area contributed by atoms with Gasteiger partial charge in [0.25, 0.3) is 21.6 Å². The average Bonchev–Trinajstić information content (AvgIpc) is 3.48. The van der Waals surface area contributed by atoms with Gasteiger partial charge < -0.3 is 9.30 Å². The molecule has 0 bridgehead atoms. The summed E-state index contributed by atoms with van der Waals surface area (Å²) in [5.74, 6) is -1.24. The summed E-state index contributed by atoms with van der Waals surface area (Å²) < 4.78 is 34.7. The van der Waals surface area contributed by atoms with Gasteiger partial charge in [-0.05, 0) is 37.3 Å². The van der Waals surface area contributed by atoms with E-state index in [4.69, 9.17) is 4.74 Å². The molecule has 0 saturated carbocycles. The quantitative estimate of drug-likeness (QED) is 0.256. The molecule has 1 aliphatic heterocycles. The maximum atomic E-state index is 13.3. The van der Waals surface area contributed by atoms with Crippen LogP contribution in [0.1, 0.15) is 26.2 Å². The lowest BCUT2D eigenvalue weighted by atomic mass is 10.0. The first-order valence-electron chi connectivity index (χ1n) is 10.8. The zero-order chi connectivity index (χ0) is 25.2. The largest absolute Gasteiger partial charge is 0.465 e. The summed E-state index contributed by atoms with van der Waals surface area (Å²) in [5.41, 5.74) is 0.182. The highest BCUT2D eigenvalue weighted by atomic mass is 32.2. The monoisotopic (exact) mass is 538 g/mol. The Morgan fingerprint density at radius 3 is 2.77 bits per heavy atom. The van der Waals surface area contributed by atoms with E-state index in [0.717, 1.165) is 22.7 Å². The van der Waals surface area contributed by atoms with Gasteiger partial charge in [0.1, 0.15) is 16.8 Å². The van der Waals surface area contributed by atoms with Crippen molar-refractivity contribution < 1.29 is 27.7 Å².